The quantitative estimate of drug-likeness (QED) is 0.728. The lowest BCUT2D eigenvalue weighted by Gasteiger charge is -2.36. The van der Waals surface area contributed by atoms with Crippen molar-refractivity contribution in [1.29, 1.82) is 0 Å². The van der Waals surface area contributed by atoms with Gasteiger partial charge >= 0.3 is 0 Å². The summed E-state index contributed by atoms with van der Waals surface area (Å²) in [6.45, 7) is 10.6. The van der Waals surface area contributed by atoms with E-state index in [1.54, 1.807) is 0 Å². The number of likely N-dealkylation sites (tertiary alicyclic amines) is 1. The van der Waals surface area contributed by atoms with E-state index in [9.17, 15) is 9.59 Å². The summed E-state index contributed by atoms with van der Waals surface area (Å²) in [6.07, 6.45) is 4.75. The van der Waals surface area contributed by atoms with Gasteiger partial charge in [0, 0.05) is 56.5 Å². The van der Waals surface area contributed by atoms with Gasteiger partial charge in [-0.1, -0.05) is 26.8 Å². The Balaban J connectivity index is 1.53. The average molecular weight is 443 g/mol. The fraction of sp³-hybridized carbons (Fsp3) is 0.542. The van der Waals surface area contributed by atoms with Crippen LogP contribution in [0.4, 0.5) is 5.00 Å². The molecule has 2 amide bonds. The molecule has 1 fully saturated rings. The molecule has 1 aliphatic heterocycles. The molecule has 2 aromatic heterocycles. The number of hydrogen-bond acceptors (Lipinski definition) is 5. The first-order chi connectivity index (χ1) is 14.6. The van der Waals surface area contributed by atoms with Gasteiger partial charge in [-0.2, -0.15) is 0 Å². The number of aryl methyl sites for hydroxylation is 1. The Bertz CT molecular complexity index is 896. The fourth-order valence-corrected chi connectivity index (χ4v) is 4.78. The second-order valence-electron chi connectivity index (χ2n) is 9.39. The molecular formula is C24H34N4O2S. The molecule has 1 aliphatic rings. The third kappa shape index (κ3) is 6.14. The van der Waals surface area contributed by atoms with E-state index in [1.165, 1.54) is 11.3 Å². The lowest BCUT2D eigenvalue weighted by molar-refractivity contribution is -0.123. The molecule has 0 aromatic carbocycles. The van der Waals surface area contributed by atoms with E-state index in [0.717, 1.165) is 55.2 Å². The van der Waals surface area contributed by atoms with Crippen molar-refractivity contribution < 1.29 is 9.59 Å². The summed E-state index contributed by atoms with van der Waals surface area (Å²) >= 11 is 1.37. The fourth-order valence-electron chi connectivity index (χ4n) is 3.73. The third-order valence-electron chi connectivity index (χ3n) is 5.87. The van der Waals surface area contributed by atoms with E-state index in [1.807, 2.05) is 64.0 Å². The maximum absolute atomic E-state index is 13.2. The van der Waals surface area contributed by atoms with Crippen LogP contribution in [0.1, 0.15) is 54.5 Å². The summed E-state index contributed by atoms with van der Waals surface area (Å²) in [6, 6.07) is 8.18. The van der Waals surface area contributed by atoms with Gasteiger partial charge in [0.1, 0.15) is 0 Å². The van der Waals surface area contributed by atoms with Gasteiger partial charge in [-0.25, -0.2) is 0 Å². The smallest absolute Gasteiger partial charge is 0.264 e. The van der Waals surface area contributed by atoms with Gasteiger partial charge in [-0.05, 0) is 43.5 Å². The molecule has 0 unspecified atom stereocenters. The number of carbonyl (C=O) groups excluding carboxylic acids is 2. The Kier molecular flexibility index (Phi) is 7.49. The first kappa shape index (κ1) is 23.4. The monoisotopic (exact) mass is 442 g/mol. The number of carbonyl (C=O) groups is 2. The van der Waals surface area contributed by atoms with Crippen LogP contribution < -0.4 is 5.32 Å². The molecule has 3 heterocycles. The van der Waals surface area contributed by atoms with Crippen LogP contribution in [0.2, 0.25) is 0 Å². The van der Waals surface area contributed by atoms with Gasteiger partial charge < -0.3 is 15.1 Å². The average Bonchev–Trinajstić information content (AvgIpc) is 3.11. The number of hydrogen-bond donors (Lipinski definition) is 1. The Hall–Kier alpha value is -2.25. The first-order valence-electron chi connectivity index (χ1n) is 11.0. The van der Waals surface area contributed by atoms with Crippen LogP contribution in [0.5, 0.6) is 0 Å². The van der Waals surface area contributed by atoms with Crippen LogP contribution in [-0.2, 0) is 11.2 Å². The van der Waals surface area contributed by atoms with Crippen molar-refractivity contribution in [3.8, 4) is 0 Å². The van der Waals surface area contributed by atoms with Crippen LogP contribution in [0.15, 0.2) is 30.5 Å². The second kappa shape index (κ2) is 9.92. The summed E-state index contributed by atoms with van der Waals surface area (Å²) in [7, 11) is 1.91. The summed E-state index contributed by atoms with van der Waals surface area (Å²) in [5.41, 5.74) is 1.57. The first-order valence-corrected chi connectivity index (χ1v) is 11.8. The molecule has 1 saturated heterocycles. The number of thiophene rings is 1. The van der Waals surface area contributed by atoms with Crippen molar-refractivity contribution in [1.82, 2.24) is 14.8 Å². The van der Waals surface area contributed by atoms with Crippen molar-refractivity contribution in [2.75, 3.05) is 32.0 Å². The van der Waals surface area contributed by atoms with E-state index in [0.29, 0.717) is 4.88 Å². The third-order valence-corrected chi connectivity index (χ3v) is 7.01. The number of nitrogens with one attached hydrogen (secondary N) is 1. The van der Waals surface area contributed by atoms with E-state index in [-0.39, 0.29) is 17.9 Å². The number of aromatic nitrogens is 1. The van der Waals surface area contributed by atoms with Crippen LogP contribution in [-0.4, -0.2) is 59.3 Å². The summed E-state index contributed by atoms with van der Waals surface area (Å²) in [4.78, 5) is 34.9. The number of nitrogens with zero attached hydrogens (tertiary/aromatic N) is 3. The minimum absolute atomic E-state index is 0.0424. The van der Waals surface area contributed by atoms with Crippen molar-refractivity contribution >= 4 is 28.2 Å². The maximum atomic E-state index is 13.2. The molecule has 0 spiro atoms. The van der Waals surface area contributed by atoms with Gasteiger partial charge in [-0.15, -0.1) is 11.3 Å². The van der Waals surface area contributed by atoms with Crippen molar-refractivity contribution in [2.45, 2.75) is 53.0 Å². The zero-order valence-electron chi connectivity index (χ0n) is 19.3. The highest BCUT2D eigenvalue weighted by Gasteiger charge is 2.28. The standard InChI is InChI=1S/C24H34N4O2S/c1-17-16-20(26-23(30)24(2,3)4)31-21(17)22(29)27(5)19-10-14-28(15-11-19)13-9-18-8-6-7-12-25-18/h6-8,12,16,19H,9-11,13-15H2,1-5H3,(H,26,30). The lowest BCUT2D eigenvalue weighted by atomic mass is 9.96. The van der Waals surface area contributed by atoms with E-state index in [4.69, 9.17) is 0 Å². The van der Waals surface area contributed by atoms with Gasteiger partial charge in [0.05, 0.1) is 9.88 Å². The summed E-state index contributed by atoms with van der Waals surface area (Å²) in [5.74, 6) is 0.00451. The summed E-state index contributed by atoms with van der Waals surface area (Å²) < 4.78 is 0. The molecular weight excluding hydrogens is 408 g/mol. The minimum Gasteiger partial charge on any atom is -0.338 e. The second-order valence-corrected chi connectivity index (χ2v) is 10.4. The molecule has 0 saturated carbocycles. The molecule has 0 bridgehead atoms. The molecule has 0 aliphatic carbocycles. The van der Waals surface area contributed by atoms with Crippen LogP contribution >= 0.6 is 11.3 Å². The Morgan fingerprint density at radius 2 is 1.97 bits per heavy atom. The molecule has 31 heavy (non-hydrogen) atoms. The Morgan fingerprint density at radius 3 is 2.58 bits per heavy atom. The highest BCUT2D eigenvalue weighted by Crippen LogP contribution is 2.30. The lowest BCUT2D eigenvalue weighted by Crippen LogP contribution is -2.46. The van der Waals surface area contributed by atoms with E-state index in [2.05, 4.69) is 21.3 Å². The minimum atomic E-state index is -0.469. The Morgan fingerprint density at radius 1 is 1.26 bits per heavy atom. The largest absolute Gasteiger partial charge is 0.338 e. The van der Waals surface area contributed by atoms with Crippen LogP contribution in [0.3, 0.4) is 0 Å². The van der Waals surface area contributed by atoms with Crippen LogP contribution in [0.25, 0.3) is 0 Å². The van der Waals surface area contributed by atoms with Gasteiger partial charge in [0.2, 0.25) is 5.91 Å². The molecule has 3 rings (SSSR count). The SMILES string of the molecule is Cc1cc(NC(=O)C(C)(C)C)sc1C(=O)N(C)C1CCN(CCc2ccccn2)CC1. The molecule has 168 valence electrons. The predicted molar refractivity (Wildman–Crippen MR) is 127 cm³/mol. The molecule has 1 N–H and O–H groups in total. The topological polar surface area (TPSA) is 65.5 Å². The number of rotatable bonds is 6. The molecule has 7 heteroatoms. The van der Waals surface area contributed by atoms with E-state index < -0.39 is 5.41 Å². The molecule has 0 atom stereocenters. The summed E-state index contributed by atoms with van der Waals surface area (Å²) in [5, 5.41) is 3.68. The maximum Gasteiger partial charge on any atom is 0.264 e. The van der Waals surface area contributed by atoms with Crippen molar-refractivity contribution in [2.24, 2.45) is 5.41 Å². The Labute approximate surface area is 189 Å². The number of anilines is 1. The number of piperidine rings is 1. The normalized spacial score (nSPS) is 15.6. The van der Waals surface area contributed by atoms with Gasteiger partial charge in [0.15, 0.2) is 0 Å². The highest BCUT2D eigenvalue weighted by atomic mass is 32.1. The van der Waals surface area contributed by atoms with Gasteiger partial charge in [0.25, 0.3) is 5.91 Å². The van der Waals surface area contributed by atoms with Crippen LogP contribution in [0, 0.1) is 12.3 Å². The zero-order valence-corrected chi connectivity index (χ0v) is 20.1. The molecule has 2 aromatic rings. The highest BCUT2D eigenvalue weighted by molar-refractivity contribution is 7.18. The van der Waals surface area contributed by atoms with E-state index >= 15 is 0 Å². The predicted octanol–water partition coefficient (Wildman–Crippen LogP) is 4.22. The zero-order chi connectivity index (χ0) is 22.6. The van der Waals surface area contributed by atoms with Crippen molar-refractivity contribution in [3.63, 3.8) is 0 Å². The molecule has 0 radical (unpaired) electrons. The number of amides is 2. The molecule has 6 nitrogen and oxygen atoms in total. The number of pyridine rings is 1. The van der Waals surface area contributed by atoms with Crippen molar-refractivity contribution in [3.05, 3.63) is 46.6 Å². The van der Waals surface area contributed by atoms with Gasteiger partial charge in [-0.3, -0.25) is 14.6 Å².